The fraction of sp³-hybridized carbons (Fsp3) is 0.509. The maximum Gasteiger partial charge on any atom is 0.270 e. The molecule has 0 spiro atoms. The van der Waals surface area contributed by atoms with Crippen LogP contribution in [0.2, 0.25) is 0 Å². The van der Waals surface area contributed by atoms with E-state index in [-0.39, 0.29) is 80.8 Å². The number of hydrogen-bond acceptors (Lipinski definition) is 13. The lowest BCUT2D eigenvalue weighted by Gasteiger charge is -2.34. The number of fused-ring (bicyclic) bond motifs is 1. The Balaban J connectivity index is 0.748. The van der Waals surface area contributed by atoms with Crippen LogP contribution in [-0.4, -0.2) is 138 Å². The van der Waals surface area contributed by atoms with Crippen LogP contribution in [0.1, 0.15) is 110 Å². The number of carbonyl (C=O) groups is 5. The van der Waals surface area contributed by atoms with Crippen molar-refractivity contribution in [3.05, 3.63) is 94.6 Å². The zero-order chi connectivity index (χ0) is 51.4. The molecule has 16 nitrogen and oxygen atoms in total. The van der Waals surface area contributed by atoms with Gasteiger partial charge in [-0.1, -0.05) is 57.9 Å². The van der Waals surface area contributed by atoms with E-state index in [0.717, 1.165) is 47.8 Å². The van der Waals surface area contributed by atoms with Crippen molar-refractivity contribution in [2.75, 3.05) is 72.1 Å². The van der Waals surface area contributed by atoms with Crippen molar-refractivity contribution in [1.29, 1.82) is 0 Å². The van der Waals surface area contributed by atoms with Gasteiger partial charge < -0.3 is 44.3 Å². The summed E-state index contributed by atoms with van der Waals surface area (Å²) in [4.78, 5) is 80.3. The number of ether oxygens (including phenoxy) is 3. The summed E-state index contributed by atoms with van der Waals surface area (Å²) < 4.78 is 19.0. The van der Waals surface area contributed by atoms with E-state index in [9.17, 15) is 29.1 Å². The minimum Gasteiger partial charge on any atom is -0.391 e. The number of likely N-dealkylation sites (tertiary alicyclic amines) is 1. The Hall–Kier alpha value is -5.85. The molecule has 17 heteroatoms. The molecule has 3 atom stereocenters. The van der Waals surface area contributed by atoms with Crippen LogP contribution in [0.25, 0.3) is 21.5 Å². The Labute approximate surface area is 426 Å². The first kappa shape index (κ1) is 53.9. The van der Waals surface area contributed by atoms with Crippen LogP contribution in [-0.2, 0) is 35.0 Å². The lowest BCUT2D eigenvalue weighted by atomic mass is 9.76. The van der Waals surface area contributed by atoms with Crippen molar-refractivity contribution in [3.8, 4) is 10.4 Å². The number of aromatic nitrogens is 3. The van der Waals surface area contributed by atoms with Gasteiger partial charge in [-0.2, -0.15) is 4.98 Å². The normalized spacial score (nSPS) is 16.6. The Morgan fingerprint density at radius 2 is 1.57 bits per heavy atom. The highest BCUT2D eigenvalue weighted by atomic mass is 32.1. The largest absolute Gasteiger partial charge is 0.391 e. The van der Waals surface area contributed by atoms with E-state index in [1.54, 1.807) is 60.8 Å². The second-order valence-corrected chi connectivity index (χ2v) is 21.1. The van der Waals surface area contributed by atoms with Gasteiger partial charge in [0.15, 0.2) is 5.78 Å². The molecule has 2 fully saturated rings. The molecule has 1 saturated heterocycles. The molecule has 7 rings (SSSR count). The lowest BCUT2D eigenvalue weighted by Crippen LogP contribution is -2.47. The molecule has 5 aromatic rings. The summed E-state index contributed by atoms with van der Waals surface area (Å²) in [6.07, 6.45) is 6.31. The molecule has 1 aliphatic carbocycles. The van der Waals surface area contributed by atoms with Gasteiger partial charge in [-0.15, -0.1) is 11.3 Å². The number of Topliss-reactive ketones (excluding diaryl/α,β-unsaturated/α-hetero) is 2. The molecule has 72 heavy (non-hydrogen) atoms. The summed E-state index contributed by atoms with van der Waals surface area (Å²) in [5, 5.41) is 19.6. The molecular formula is C55H71N7O9S. The third-order valence-electron chi connectivity index (χ3n) is 13.5. The van der Waals surface area contributed by atoms with Gasteiger partial charge in [0.05, 0.1) is 51.8 Å². The summed E-state index contributed by atoms with van der Waals surface area (Å²) in [6.45, 7) is 9.97. The van der Waals surface area contributed by atoms with Crippen molar-refractivity contribution < 1.29 is 43.3 Å². The van der Waals surface area contributed by atoms with Gasteiger partial charge in [0.1, 0.15) is 17.1 Å². The molecular weight excluding hydrogens is 935 g/mol. The molecule has 0 bridgehead atoms. The Kier molecular flexibility index (Phi) is 18.9. The van der Waals surface area contributed by atoms with Crippen LogP contribution in [0.5, 0.6) is 0 Å². The lowest BCUT2D eigenvalue weighted by molar-refractivity contribution is -0.146. The van der Waals surface area contributed by atoms with Gasteiger partial charge in [-0.25, -0.2) is 4.98 Å². The minimum atomic E-state index is -0.799. The highest BCUT2D eigenvalue weighted by molar-refractivity contribution is 7.13. The SMILES string of the molecule is Cc1ccsc1-c1ccc(CCC(=O)[C@@H]2C[C@@H](O)CN2C(=O)[C@@H](CC(=O)CCOCCOCCOCCNC(=O)c2ccc(Nc3ncc4cc(C(=O)N(C)C)n(C5CCCC5)c4n3)cc2)C(C)(C)C)cc1. The quantitative estimate of drug-likeness (QED) is 0.0478. The molecule has 1 saturated carbocycles. The highest BCUT2D eigenvalue weighted by Gasteiger charge is 2.44. The number of thiophene rings is 1. The van der Waals surface area contributed by atoms with Crippen LogP contribution in [0.4, 0.5) is 11.6 Å². The van der Waals surface area contributed by atoms with Crippen LogP contribution in [0.3, 0.4) is 0 Å². The summed E-state index contributed by atoms with van der Waals surface area (Å²) in [5.74, 6) is -1.02. The minimum absolute atomic E-state index is 0.0155. The fourth-order valence-corrected chi connectivity index (χ4v) is 10.4. The van der Waals surface area contributed by atoms with E-state index in [2.05, 4.69) is 50.7 Å². The summed E-state index contributed by atoms with van der Waals surface area (Å²) in [6, 6.07) is 18.7. The average molecular weight is 1010 g/mol. The summed E-state index contributed by atoms with van der Waals surface area (Å²) in [5.41, 5.74) is 5.41. The predicted molar refractivity (Wildman–Crippen MR) is 279 cm³/mol. The third kappa shape index (κ3) is 14.2. The summed E-state index contributed by atoms with van der Waals surface area (Å²) in [7, 11) is 3.50. The summed E-state index contributed by atoms with van der Waals surface area (Å²) >= 11 is 1.70. The van der Waals surface area contributed by atoms with Crippen LogP contribution >= 0.6 is 11.3 Å². The van der Waals surface area contributed by atoms with E-state index in [1.807, 2.05) is 39.0 Å². The molecule has 1 aliphatic heterocycles. The van der Waals surface area contributed by atoms with E-state index < -0.39 is 23.5 Å². The highest BCUT2D eigenvalue weighted by Crippen LogP contribution is 2.36. The molecule has 0 radical (unpaired) electrons. The Bertz CT molecular complexity index is 2630. The number of ketones is 2. The zero-order valence-electron chi connectivity index (χ0n) is 42.6. The van der Waals surface area contributed by atoms with Crippen molar-refractivity contribution in [1.82, 2.24) is 29.7 Å². The van der Waals surface area contributed by atoms with Gasteiger partial charge in [0.2, 0.25) is 11.9 Å². The molecule has 3 aromatic heterocycles. The van der Waals surface area contributed by atoms with Crippen LogP contribution in [0, 0.1) is 18.3 Å². The number of carbonyl (C=O) groups excluding carboxylic acids is 5. The molecule has 0 unspecified atom stereocenters. The monoisotopic (exact) mass is 1010 g/mol. The molecule has 386 valence electrons. The molecule has 4 heterocycles. The van der Waals surface area contributed by atoms with Crippen molar-refractivity contribution >= 4 is 63.3 Å². The maximum atomic E-state index is 14.1. The smallest absolute Gasteiger partial charge is 0.270 e. The number of nitrogens with zero attached hydrogens (tertiary/aromatic N) is 5. The number of rotatable bonds is 25. The van der Waals surface area contributed by atoms with E-state index in [0.29, 0.717) is 62.3 Å². The number of β-amino-alcohol motifs (C(OH)–C–C–N with tert-alkyl or cyclic N) is 1. The first-order chi connectivity index (χ1) is 34.6. The molecule has 2 aliphatic rings. The molecule has 3 amide bonds. The van der Waals surface area contributed by atoms with E-state index >= 15 is 0 Å². The second-order valence-electron chi connectivity index (χ2n) is 20.2. The van der Waals surface area contributed by atoms with Gasteiger partial charge in [0.25, 0.3) is 11.8 Å². The third-order valence-corrected chi connectivity index (χ3v) is 14.6. The first-order valence-electron chi connectivity index (χ1n) is 25.2. The molecule has 2 aromatic carbocycles. The van der Waals surface area contributed by atoms with Crippen LogP contribution in [0.15, 0.2) is 72.2 Å². The van der Waals surface area contributed by atoms with Gasteiger partial charge in [-0.05, 0) is 90.1 Å². The Morgan fingerprint density at radius 3 is 2.22 bits per heavy atom. The number of anilines is 2. The first-order valence-corrected chi connectivity index (χ1v) is 26.1. The standard InChI is InChI=1S/C55H71N7O9S/c1-36-22-30-72-49(36)38-14-11-37(12-15-38)13-20-48(65)46-33-44(64)35-61(46)52(67)45(55(2,3)4)32-43(63)21-24-69-26-28-71-29-27-70-25-23-56-51(66)39-16-18-41(19-17-39)58-54-57-34-40-31-47(53(68)60(5)6)62(50(40)59-54)42-9-7-8-10-42/h11-12,14-19,22,30-31,34,42,44-46,64H,7-10,13,20-21,23-29,32-33,35H2,1-6H3,(H,56,66)(H,57,58,59)/t44-,45-,46+/m1/s1. The van der Waals surface area contributed by atoms with Crippen molar-refractivity contribution in [2.24, 2.45) is 11.3 Å². The van der Waals surface area contributed by atoms with E-state index in [1.165, 1.54) is 15.3 Å². The van der Waals surface area contributed by atoms with Crippen molar-refractivity contribution in [2.45, 2.75) is 104 Å². The number of hydrogen-bond donors (Lipinski definition) is 3. The average Bonchev–Trinajstić information content (AvgIpc) is 4.19. The number of aliphatic hydroxyl groups is 1. The number of amides is 3. The Morgan fingerprint density at radius 1 is 0.889 bits per heavy atom. The number of aryl methyl sites for hydroxylation is 2. The van der Waals surface area contributed by atoms with Crippen molar-refractivity contribution in [3.63, 3.8) is 0 Å². The topological polar surface area (TPSA) is 195 Å². The fourth-order valence-electron chi connectivity index (χ4n) is 9.48. The van der Waals surface area contributed by atoms with E-state index in [4.69, 9.17) is 19.2 Å². The zero-order valence-corrected chi connectivity index (χ0v) is 43.4. The molecule has 3 N–H and O–H groups in total. The second kappa shape index (κ2) is 25.2. The number of nitrogens with one attached hydrogen (secondary N) is 2. The number of aliphatic hydroxyl groups excluding tert-OH is 1. The predicted octanol–water partition coefficient (Wildman–Crippen LogP) is 7.98. The number of benzene rings is 2. The van der Waals surface area contributed by atoms with Gasteiger partial charge >= 0.3 is 0 Å². The maximum absolute atomic E-state index is 14.1. The van der Waals surface area contributed by atoms with Gasteiger partial charge in [0, 0.05) is 92.5 Å². The van der Waals surface area contributed by atoms with Gasteiger partial charge in [-0.3, -0.25) is 24.0 Å². The van der Waals surface area contributed by atoms with Crippen LogP contribution < -0.4 is 10.6 Å².